The van der Waals surface area contributed by atoms with Crippen LogP contribution in [0, 0.1) is 5.92 Å². The second-order valence-corrected chi connectivity index (χ2v) is 6.89. The summed E-state index contributed by atoms with van der Waals surface area (Å²) < 4.78 is 0. The highest BCUT2D eigenvalue weighted by molar-refractivity contribution is 6.30. The smallest absolute Gasteiger partial charge is 0.321 e. The van der Waals surface area contributed by atoms with Crippen molar-refractivity contribution in [1.82, 2.24) is 10.2 Å². The molecule has 0 spiro atoms. The summed E-state index contributed by atoms with van der Waals surface area (Å²) >= 11 is 5.86. The molecule has 130 valence electrons. The summed E-state index contributed by atoms with van der Waals surface area (Å²) in [6.07, 6.45) is 6.79. The number of hydrogen-bond acceptors (Lipinski definition) is 1. The second-order valence-electron chi connectivity index (χ2n) is 6.45. The van der Waals surface area contributed by atoms with Gasteiger partial charge in [0.1, 0.15) is 0 Å². The molecule has 1 saturated heterocycles. The molecule has 1 N–H and O–H groups in total. The predicted octanol–water partition coefficient (Wildman–Crippen LogP) is 4.98. The molecule has 1 aliphatic heterocycles. The maximum Gasteiger partial charge on any atom is 0.321 e. The van der Waals surface area contributed by atoms with E-state index in [2.05, 4.69) is 29.6 Å². The molecule has 2 aromatic carbocycles. The molecular formula is C21H23ClN2O. The van der Waals surface area contributed by atoms with Crippen molar-refractivity contribution in [2.75, 3.05) is 13.1 Å². The fourth-order valence-electron chi connectivity index (χ4n) is 3.16. The second kappa shape index (κ2) is 8.72. The summed E-state index contributed by atoms with van der Waals surface area (Å²) in [6.45, 7) is 1.64. The van der Waals surface area contributed by atoms with E-state index in [9.17, 15) is 4.79 Å². The van der Waals surface area contributed by atoms with Gasteiger partial charge in [-0.1, -0.05) is 54.1 Å². The lowest BCUT2D eigenvalue weighted by Crippen LogP contribution is -2.43. The van der Waals surface area contributed by atoms with E-state index >= 15 is 0 Å². The van der Waals surface area contributed by atoms with Crippen LogP contribution in [-0.2, 0) is 6.42 Å². The number of halogens is 1. The van der Waals surface area contributed by atoms with Crippen LogP contribution in [0.25, 0.3) is 6.08 Å². The summed E-state index contributed by atoms with van der Waals surface area (Å²) in [5.74, 6) is 0.663. The summed E-state index contributed by atoms with van der Waals surface area (Å²) in [5, 5.41) is 3.56. The molecule has 0 atom stereocenters. The Morgan fingerprint density at radius 2 is 1.76 bits per heavy atom. The maximum atomic E-state index is 12.2. The van der Waals surface area contributed by atoms with Gasteiger partial charge in [-0.15, -0.1) is 0 Å². The Morgan fingerprint density at radius 3 is 2.44 bits per heavy atom. The largest absolute Gasteiger partial charge is 0.325 e. The van der Waals surface area contributed by atoms with E-state index in [1.165, 1.54) is 5.56 Å². The number of nitrogens with zero attached hydrogens (tertiary/aromatic N) is 1. The number of nitrogens with one attached hydrogen (secondary N) is 1. The van der Waals surface area contributed by atoms with Gasteiger partial charge in [0.25, 0.3) is 0 Å². The summed E-state index contributed by atoms with van der Waals surface area (Å²) in [6, 6.07) is 18.1. The fraction of sp³-hybridized carbons (Fsp3) is 0.286. The molecule has 2 aromatic rings. The monoisotopic (exact) mass is 354 g/mol. The first kappa shape index (κ1) is 17.6. The van der Waals surface area contributed by atoms with E-state index < -0.39 is 0 Å². The molecule has 0 aliphatic carbocycles. The Hall–Kier alpha value is -2.26. The normalized spacial score (nSPS) is 15.5. The lowest BCUT2D eigenvalue weighted by Gasteiger charge is -2.31. The molecule has 1 aliphatic rings. The Kier molecular flexibility index (Phi) is 6.13. The molecule has 1 heterocycles. The van der Waals surface area contributed by atoms with E-state index in [0.29, 0.717) is 10.9 Å². The van der Waals surface area contributed by atoms with Crippen LogP contribution >= 0.6 is 11.6 Å². The van der Waals surface area contributed by atoms with Gasteiger partial charge < -0.3 is 10.2 Å². The Bertz CT molecular complexity index is 704. The van der Waals surface area contributed by atoms with Gasteiger partial charge in [-0.25, -0.2) is 4.79 Å². The third kappa shape index (κ3) is 5.36. The van der Waals surface area contributed by atoms with Crippen molar-refractivity contribution in [1.29, 1.82) is 0 Å². The Morgan fingerprint density at radius 1 is 1.08 bits per heavy atom. The highest BCUT2D eigenvalue weighted by atomic mass is 35.5. The minimum Gasteiger partial charge on any atom is -0.325 e. The standard InChI is InChI=1S/C21H23ClN2O/c22-20-8-6-17(7-9-20)10-13-23-21(25)24-14-11-19(12-15-24)16-18-4-2-1-3-5-18/h1-10,13,19H,11-12,14-16H2,(H,23,25)/b13-10+. The number of likely N-dealkylation sites (tertiary alicyclic amines) is 1. The van der Waals surface area contributed by atoms with E-state index in [1.807, 2.05) is 41.3 Å². The topological polar surface area (TPSA) is 32.3 Å². The van der Waals surface area contributed by atoms with E-state index in [0.717, 1.165) is 37.9 Å². The van der Waals surface area contributed by atoms with Crippen LogP contribution in [0.5, 0.6) is 0 Å². The quantitative estimate of drug-likeness (QED) is 0.825. The van der Waals surface area contributed by atoms with Crippen molar-refractivity contribution in [3.05, 3.63) is 76.9 Å². The Balaban J connectivity index is 1.43. The van der Waals surface area contributed by atoms with Crippen molar-refractivity contribution in [3.8, 4) is 0 Å². The van der Waals surface area contributed by atoms with Gasteiger partial charge in [-0.3, -0.25) is 0 Å². The van der Waals surface area contributed by atoms with Gasteiger partial charge >= 0.3 is 6.03 Å². The lowest BCUT2D eigenvalue weighted by molar-refractivity contribution is 0.173. The number of piperidine rings is 1. The van der Waals surface area contributed by atoms with Crippen LogP contribution in [0.1, 0.15) is 24.0 Å². The zero-order valence-corrected chi connectivity index (χ0v) is 15.0. The molecule has 3 nitrogen and oxygen atoms in total. The van der Waals surface area contributed by atoms with Gasteiger partial charge in [0, 0.05) is 24.3 Å². The summed E-state index contributed by atoms with van der Waals surface area (Å²) in [4.78, 5) is 14.1. The number of urea groups is 1. The molecule has 4 heteroatoms. The predicted molar refractivity (Wildman–Crippen MR) is 103 cm³/mol. The number of benzene rings is 2. The van der Waals surface area contributed by atoms with Crippen molar-refractivity contribution >= 4 is 23.7 Å². The minimum atomic E-state index is -0.0247. The van der Waals surface area contributed by atoms with E-state index in [1.54, 1.807) is 6.20 Å². The molecule has 0 unspecified atom stereocenters. The van der Waals surface area contributed by atoms with Crippen molar-refractivity contribution in [3.63, 3.8) is 0 Å². The zero-order valence-electron chi connectivity index (χ0n) is 14.2. The van der Waals surface area contributed by atoms with Crippen LogP contribution < -0.4 is 5.32 Å². The summed E-state index contributed by atoms with van der Waals surface area (Å²) in [7, 11) is 0. The molecule has 3 rings (SSSR count). The molecule has 0 saturated carbocycles. The van der Waals surface area contributed by atoms with Crippen molar-refractivity contribution < 1.29 is 4.79 Å². The van der Waals surface area contributed by atoms with Gasteiger partial charge in [0.05, 0.1) is 0 Å². The molecular weight excluding hydrogens is 332 g/mol. The first-order valence-corrected chi connectivity index (χ1v) is 9.10. The number of carbonyl (C=O) groups excluding carboxylic acids is 1. The van der Waals surface area contributed by atoms with Crippen LogP contribution in [-0.4, -0.2) is 24.0 Å². The van der Waals surface area contributed by atoms with Crippen LogP contribution in [0.4, 0.5) is 4.79 Å². The van der Waals surface area contributed by atoms with Crippen LogP contribution in [0.3, 0.4) is 0 Å². The summed E-state index contributed by atoms with van der Waals surface area (Å²) in [5.41, 5.74) is 2.39. The number of hydrogen-bond donors (Lipinski definition) is 1. The number of carbonyl (C=O) groups is 1. The fourth-order valence-corrected chi connectivity index (χ4v) is 3.29. The SMILES string of the molecule is O=C(N/C=C/c1ccc(Cl)cc1)N1CCC(Cc2ccccc2)CC1. The van der Waals surface area contributed by atoms with Crippen molar-refractivity contribution in [2.24, 2.45) is 5.92 Å². The number of amides is 2. The van der Waals surface area contributed by atoms with Gasteiger partial charge in [0.15, 0.2) is 0 Å². The van der Waals surface area contributed by atoms with Gasteiger partial charge in [-0.2, -0.15) is 0 Å². The lowest BCUT2D eigenvalue weighted by atomic mass is 9.90. The Labute approximate surface area is 154 Å². The molecule has 0 aromatic heterocycles. The average molecular weight is 355 g/mol. The van der Waals surface area contributed by atoms with Gasteiger partial charge in [0.2, 0.25) is 0 Å². The minimum absolute atomic E-state index is 0.0247. The molecule has 1 fully saturated rings. The zero-order chi connectivity index (χ0) is 17.5. The first-order valence-electron chi connectivity index (χ1n) is 8.72. The number of rotatable bonds is 4. The van der Waals surface area contributed by atoms with E-state index in [-0.39, 0.29) is 6.03 Å². The van der Waals surface area contributed by atoms with E-state index in [4.69, 9.17) is 11.6 Å². The third-order valence-electron chi connectivity index (χ3n) is 4.62. The highest BCUT2D eigenvalue weighted by Gasteiger charge is 2.22. The van der Waals surface area contributed by atoms with Crippen LogP contribution in [0.15, 0.2) is 60.8 Å². The molecule has 0 radical (unpaired) electrons. The van der Waals surface area contributed by atoms with Crippen molar-refractivity contribution in [2.45, 2.75) is 19.3 Å². The highest BCUT2D eigenvalue weighted by Crippen LogP contribution is 2.21. The van der Waals surface area contributed by atoms with Gasteiger partial charge in [-0.05, 0) is 54.5 Å². The molecule has 2 amide bonds. The third-order valence-corrected chi connectivity index (χ3v) is 4.87. The molecule has 25 heavy (non-hydrogen) atoms. The average Bonchev–Trinajstić information content (AvgIpc) is 2.65. The first-order chi connectivity index (χ1) is 12.2. The molecule has 0 bridgehead atoms. The maximum absolute atomic E-state index is 12.2. The van der Waals surface area contributed by atoms with Crippen LogP contribution in [0.2, 0.25) is 5.02 Å².